The zero-order valence-corrected chi connectivity index (χ0v) is 12.1. The van der Waals surface area contributed by atoms with Gasteiger partial charge in [0.1, 0.15) is 0 Å². The smallest absolute Gasteiger partial charge is 0.338 e. The number of carbonyl (C=O) groups is 2. The molecule has 2 N–H and O–H groups in total. The first-order chi connectivity index (χ1) is 10.1. The minimum Gasteiger partial charge on any atom is -0.462 e. The Kier molecular flexibility index (Phi) is 6.84. The number of benzene rings is 1. The molecule has 6 nitrogen and oxygen atoms in total. The Bertz CT molecular complexity index is 485. The molecule has 1 rings (SSSR count). The van der Waals surface area contributed by atoms with Gasteiger partial charge in [0.2, 0.25) is 6.29 Å². The highest BCUT2D eigenvalue weighted by molar-refractivity contribution is 5.89. The molecule has 2 unspecified atom stereocenters. The van der Waals surface area contributed by atoms with Crippen molar-refractivity contribution in [2.45, 2.75) is 32.5 Å². The SMILES string of the molecule is CCOC(=O)c1ccc(C(CO)C(O)OC=O)c(CC)c1. The highest BCUT2D eigenvalue weighted by Crippen LogP contribution is 2.25. The molecule has 0 bridgehead atoms. The van der Waals surface area contributed by atoms with Crippen molar-refractivity contribution < 1.29 is 29.3 Å². The molecule has 21 heavy (non-hydrogen) atoms. The lowest BCUT2D eigenvalue weighted by Crippen LogP contribution is -2.25. The predicted molar refractivity (Wildman–Crippen MR) is 74.8 cm³/mol. The molecule has 0 saturated carbocycles. The van der Waals surface area contributed by atoms with Gasteiger partial charge in [0.25, 0.3) is 6.47 Å². The minimum atomic E-state index is -1.44. The average molecular weight is 296 g/mol. The molecule has 0 amide bonds. The standard InChI is InChI=1S/C15H20O6/c1-3-10-7-11(14(18)20-4-2)5-6-12(10)13(8-16)15(19)21-9-17/h5-7,9,13,15-16,19H,3-4,8H2,1-2H3. The number of aliphatic hydroxyl groups excluding tert-OH is 2. The summed E-state index contributed by atoms with van der Waals surface area (Å²) in [6, 6.07) is 4.84. The van der Waals surface area contributed by atoms with Crippen LogP contribution in [-0.4, -0.2) is 42.2 Å². The minimum absolute atomic E-state index is 0.131. The van der Waals surface area contributed by atoms with Crippen molar-refractivity contribution >= 4 is 12.4 Å². The molecule has 0 aromatic heterocycles. The van der Waals surface area contributed by atoms with E-state index in [1.54, 1.807) is 25.1 Å². The maximum absolute atomic E-state index is 11.7. The number of hydrogen-bond donors (Lipinski definition) is 2. The van der Waals surface area contributed by atoms with Crippen LogP contribution < -0.4 is 0 Å². The third kappa shape index (κ3) is 4.27. The second kappa shape index (κ2) is 8.39. The molecule has 0 heterocycles. The van der Waals surface area contributed by atoms with Crippen molar-refractivity contribution in [2.75, 3.05) is 13.2 Å². The zero-order chi connectivity index (χ0) is 15.8. The predicted octanol–water partition coefficient (Wildman–Crippen LogP) is 0.993. The van der Waals surface area contributed by atoms with Gasteiger partial charge >= 0.3 is 5.97 Å². The molecule has 116 valence electrons. The third-order valence-electron chi connectivity index (χ3n) is 3.17. The van der Waals surface area contributed by atoms with E-state index in [1.165, 1.54) is 0 Å². The number of ether oxygens (including phenoxy) is 2. The van der Waals surface area contributed by atoms with Crippen molar-refractivity contribution in [3.05, 3.63) is 34.9 Å². The van der Waals surface area contributed by atoms with Crippen molar-refractivity contribution in [3.63, 3.8) is 0 Å². The Balaban J connectivity index is 3.12. The highest BCUT2D eigenvalue weighted by atomic mass is 16.6. The van der Waals surface area contributed by atoms with Crippen LogP contribution in [0.2, 0.25) is 0 Å². The van der Waals surface area contributed by atoms with E-state index in [-0.39, 0.29) is 19.7 Å². The van der Waals surface area contributed by atoms with Crippen LogP contribution in [0.15, 0.2) is 18.2 Å². The van der Waals surface area contributed by atoms with Gasteiger partial charge in [-0.25, -0.2) is 4.79 Å². The summed E-state index contributed by atoms with van der Waals surface area (Å²) < 4.78 is 9.42. The molecule has 0 spiro atoms. The Morgan fingerprint density at radius 1 is 1.38 bits per heavy atom. The van der Waals surface area contributed by atoms with Gasteiger partial charge in [-0.05, 0) is 36.6 Å². The quantitative estimate of drug-likeness (QED) is 0.422. The lowest BCUT2D eigenvalue weighted by molar-refractivity contribution is -0.157. The largest absolute Gasteiger partial charge is 0.462 e. The van der Waals surface area contributed by atoms with Gasteiger partial charge in [0.15, 0.2) is 0 Å². The summed E-state index contributed by atoms with van der Waals surface area (Å²) in [7, 11) is 0. The van der Waals surface area contributed by atoms with Gasteiger partial charge in [-0.1, -0.05) is 13.0 Å². The summed E-state index contributed by atoms with van der Waals surface area (Å²) in [4.78, 5) is 22.0. The molecule has 0 radical (unpaired) electrons. The van der Waals surface area contributed by atoms with Crippen LogP contribution in [0.5, 0.6) is 0 Å². The summed E-state index contributed by atoms with van der Waals surface area (Å²) in [5, 5.41) is 19.2. The molecule has 0 aliphatic carbocycles. The fraction of sp³-hybridized carbons (Fsp3) is 0.467. The van der Waals surface area contributed by atoms with E-state index in [9.17, 15) is 19.8 Å². The van der Waals surface area contributed by atoms with E-state index in [0.29, 0.717) is 17.5 Å². The van der Waals surface area contributed by atoms with E-state index in [2.05, 4.69) is 4.74 Å². The molecule has 1 aromatic rings. The first-order valence-electron chi connectivity index (χ1n) is 6.76. The average Bonchev–Trinajstić information content (AvgIpc) is 2.48. The summed E-state index contributed by atoms with van der Waals surface area (Å²) >= 11 is 0. The normalized spacial score (nSPS) is 13.3. The van der Waals surface area contributed by atoms with Crippen LogP contribution in [0.4, 0.5) is 0 Å². The van der Waals surface area contributed by atoms with Gasteiger partial charge in [-0.15, -0.1) is 0 Å². The maximum atomic E-state index is 11.7. The lowest BCUT2D eigenvalue weighted by atomic mass is 9.91. The second-order valence-electron chi connectivity index (χ2n) is 4.40. The van der Waals surface area contributed by atoms with E-state index in [4.69, 9.17) is 4.74 Å². The molecule has 6 heteroatoms. The fourth-order valence-corrected chi connectivity index (χ4v) is 2.11. The molecular formula is C15H20O6. The number of esters is 1. The Hall–Kier alpha value is -1.92. The van der Waals surface area contributed by atoms with E-state index >= 15 is 0 Å². The molecule has 1 aromatic carbocycles. The summed E-state index contributed by atoms with van der Waals surface area (Å²) in [6.07, 6.45) is -0.848. The van der Waals surface area contributed by atoms with Gasteiger partial charge in [0.05, 0.1) is 24.7 Å². The fourth-order valence-electron chi connectivity index (χ4n) is 2.11. The Labute approximate surface area is 123 Å². The number of hydrogen-bond acceptors (Lipinski definition) is 6. The highest BCUT2D eigenvalue weighted by Gasteiger charge is 2.24. The van der Waals surface area contributed by atoms with Crippen molar-refractivity contribution in [3.8, 4) is 0 Å². The van der Waals surface area contributed by atoms with Crippen LogP contribution in [0.3, 0.4) is 0 Å². The van der Waals surface area contributed by atoms with Crippen LogP contribution in [-0.2, 0) is 20.7 Å². The number of aryl methyl sites for hydroxylation is 1. The van der Waals surface area contributed by atoms with E-state index in [1.807, 2.05) is 6.92 Å². The Morgan fingerprint density at radius 3 is 2.62 bits per heavy atom. The van der Waals surface area contributed by atoms with E-state index < -0.39 is 18.2 Å². The van der Waals surface area contributed by atoms with Gasteiger partial charge < -0.3 is 19.7 Å². The van der Waals surface area contributed by atoms with Gasteiger partial charge in [-0.3, -0.25) is 4.79 Å². The summed E-state index contributed by atoms with van der Waals surface area (Å²) in [5.41, 5.74) is 1.80. The van der Waals surface area contributed by atoms with Crippen LogP contribution in [0.25, 0.3) is 0 Å². The van der Waals surface area contributed by atoms with Crippen molar-refractivity contribution in [1.29, 1.82) is 0 Å². The monoisotopic (exact) mass is 296 g/mol. The summed E-state index contributed by atoms with van der Waals surface area (Å²) in [6.45, 7) is 3.64. The van der Waals surface area contributed by atoms with Gasteiger partial charge in [-0.2, -0.15) is 0 Å². The van der Waals surface area contributed by atoms with Crippen molar-refractivity contribution in [2.24, 2.45) is 0 Å². The maximum Gasteiger partial charge on any atom is 0.338 e. The number of carbonyl (C=O) groups excluding carboxylic acids is 2. The molecule has 0 aliphatic rings. The first kappa shape index (κ1) is 17.1. The van der Waals surface area contributed by atoms with Crippen LogP contribution in [0, 0.1) is 0 Å². The third-order valence-corrected chi connectivity index (χ3v) is 3.17. The number of aliphatic hydroxyl groups is 2. The lowest BCUT2D eigenvalue weighted by Gasteiger charge is -2.22. The molecule has 0 aliphatic heterocycles. The Morgan fingerprint density at radius 2 is 2.10 bits per heavy atom. The molecule has 2 atom stereocenters. The van der Waals surface area contributed by atoms with E-state index in [0.717, 1.165) is 5.56 Å². The summed E-state index contributed by atoms with van der Waals surface area (Å²) in [5.74, 6) is -1.19. The van der Waals surface area contributed by atoms with Gasteiger partial charge in [0, 0.05) is 0 Å². The molecular weight excluding hydrogens is 276 g/mol. The van der Waals surface area contributed by atoms with Crippen molar-refractivity contribution in [1.82, 2.24) is 0 Å². The van der Waals surface area contributed by atoms with Crippen LogP contribution >= 0.6 is 0 Å². The molecule has 0 fully saturated rings. The topological polar surface area (TPSA) is 93.1 Å². The first-order valence-corrected chi connectivity index (χ1v) is 6.76. The number of rotatable bonds is 8. The second-order valence-corrected chi connectivity index (χ2v) is 4.40. The van der Waals surface area contributed by atoms with Crippen LogP contribution in [0.1, 0.15) is 41.3 Å². The molecule has 0 saturated heterocycles. The zero-order valence-electron chi connectivity index (χ0n) is 12.1.